The summed E-state index contributed by atoms with van der Waals surface area (Å²) in [6.07, 6.45) is 2.64. The molecule has 0 heterocycles. The summed E-state index contributed by atoms with van der Waals surface area (Å²) < 4.78 is 6.16. The van der Waals surface area contributed by atoms with Crippen LogP contribution >= 0.6 is 0 Å². The summed E-state index contributed by atoms with van der Waals surface area (Å²) in [7, 11) is 4.17. The molecule has 2 N–H and O–H groups in total. The number of ether oxygens (including phenoxy) is 1. The summed E-state index contributed by atoms with van der Waals surface area (Å²) in [5.74, 6) is 0.00895. The molecule has 19 heavy (non-hydrogen) atoms. The summed E-state index contributed by atoms with van der Waals surface area (Å²) in [4.78, 5) is 10.7. The molecule has 0 aromatic heterocycles. The van der Waals surface area contributed by atoms with E-state index in [9.17, 15) is 9.90 Å². The van der Waals surface area contributed by atoms with E-state index >= 15 is 0 Å². The Morgan fingerprint density at radius 3 is 2.63 bits per heavy atom. The molecule has 1 amide bonds. The molecular formula is C14H31N2O3+. The molecule has 0 aliphatic carbocycles. The van der Waals surface area contributed by atoms with Gasteiger partial charge in [0.05, 0.1) is 27.2 Å². The average molecular weight is 275 g/mol. The molecule has 0 aliphatic heterocycles. The highest BCUT2D eigenvalue weighted by Gasteiger charge is 2.20. The maximum absolute atomic E-state index is 10.7. The van der Waals surface area contributed by atoms with E-state index < -0.39 is 6.10 Å². The molecule has 0 fully saturated rings. The number of aliphatic hydroxyl groups is 1. The highest BCUT2D eigenvalue weighted by Crippen LogP contribution is 2.02. The number of hydrogen-bond donors (Lipinski definition) is 2. The molecule has 0 rings (SSSR count). The number of carbonyl (C=O) groups is 1. The second kappa shape index (κ2) is 10.2. The van der Waals surface area contributed by atoms with Crippen molar-refractivity contribution in [3.05, 3.63) is 0 Å². The van der Waals surface area contributed by atoms with Gasteiger partial charge in [-0.2, -0.15) is 0 Å². The molecule has 0 bridgehead atoms. The van der Waals surface area contributed by atoms with Gasteiger partial charge in [-0.1, -0.05) is 13.3 Å². The summed E-state index contributed by atoms with van der Waals surface area (Å²) in [5, 5.41) is 12.7. The molecule has 0 saturated heterocycles. The number of nitrogens with one attached hydrogen (secondary N) is 1. The second-order valence-corrected chi connectivity index (χ2v) is 5.76. The van der Waals surface area contributed by atoms with Gasteiger partial charge in [0.25, 0.3) is 0 Å². The number of rotatable bonds is 11. The van der Waals surface area contributed by atoms with E-state index in [1.165, 1.54) is 6.92 Å². The van der Waals surface area contributed by atoms with Crippen molar-refractivity contribution in [2.24, 2.45) is 0 Å². The molecule has 0 aromatic carbocycles. The van der Waals surface area contributed by atoms with Gasteiger partial charge in [0.15, 0.2) is 0 Å². The molecule has 0 spiro atoms. The summed E-state index contributed by atoms with van der Waals surface area (Å²) in [5.41, 5.74) is 0. The Balaban J connectivity index is 3.71. The number of unbranched alkanes of at least 4 members (excludes halogenated alkanes) is 1. The van der Waals surface area contributed by atoms with Gasteiger partial charge >= 0.3 is 0 Å². The molecule has 1 atom stereocenters. The highest BCUT2D eigenvalue weighted by atomic mass is 16.5. The smallest absolute Gasteiger partial charge is 0.216 e. The Morgan fingerprint density at radius 2 is 2.05 bits per heavy atom. The van der Waals surface area contributed by atoms with E-state index in [4.69, 9.17) is 4.74 Å². The van der Waals surface area contributed by atoms with E-state index in [2.05, 4.69) is 26.3 Å². The van der Waals surface area contributed by atoms with Crippen LogP contribution in [-0.2, 0) is 9.53 Å². The molecule has 0 radical (unpaired) electrons. The fourth-order valence-electron chi connectivity index (χ4n) is 1.95. The Bertz CT molecular complexity index is 245. The Kier molecular flexibility index (Phi) is 9.83. The van der Waals surface area contributed by atoms with Crippen LogP contribution in [0.4, 0.5) is 0 Å². The van der Waals surface area contributed by atoms with Crippen LogP contribution in [0.15, 0.2) is 0 Å². The van der Waals surface area contributed by atoms with Gasteiger partial charge in [-0.25, -0.2) is 0 Å². The van der Waals surface area contributed by atoms with Crippen molar-refractivity contribution in [3.8, 4) is 0 Å². The highest BCUT2D eigenvalue weighted by molar-refractivity contribution is 5.72. The van der Waals surface area contributed by atoms with Crippen LogP contribution in [0.5, 0.6) is 0 Å². The number of likely N-dealkylation sites (N-methyl/N-ethyl adjacent to an activating group) is 1. The lowest BCUT2D eigenvalue weighted by Gasteiger charge is -2.31. The number of amides is 1. The van der Waals surface area contributed by atoms with Crippen molar-refractivity contribution in [1.29, 1.82) is 0 Å². The van der Waals surface area contributed by atoms with Crippen LogP contribution in [0.3, 0.4) is 0 Å². The largest absolute Gasteiger partial charge is 0.385 e. The van der Waals surface area contributed by atoms with Gasteiger partial charge in [0, 0.05) is 26.5 Å². The van der Waals surface area contributed by atoms with Gasteiger partial charge in [0.1, 0.15) is 12.6 Å². The lowest BCUT2D eigenvalue weighted by molar-refractivity contribution is -0.893. The maximum Gasteiger partial charge on any atom is 0.216 e. The molecular weight excluding hydrogens is 244 g/mol. The summed E-state index contributed by atoms with van der Waals surface area (Å²) >= 11 is 0. The van der Waals surface area contributed by atoms with Gasteiger partial charge in [0.2, 0.25) is 5.91 Å². The van der Waals surface area contributed by atoms with Gasteiger partial charge < -0.3 is 19.6 Å². The zero-order valence-corrected chi connectivity index (χ0v) is 12.9. The van der Waals surface area contributed by atoms with Crippen LogP contribution < -0.4 is 5.32 Å². The van der Waals surface area contributed by atoms with E-state index in [1.807, 2.05) is 0 Å². The first-order chi connectivity index (χ1) is 8.87. The Labute approximate surface area is 117 Å². The van der Waals surface area contributed by atoms with Gasteiger partial charge in [-0.3, -0.25) is 4.79 Å². The maximum atomic E-state index is 10.7. The first-order valence-corrected chi connectivity index (χ1v) is 7.19. The van der Waals surface area contributed by atoms with Crippen molar-refractivity contribution in [1.82, 2.24) is 5.32 Å². The molecule has 0 aliphatic rings. The third-order valence-electron chi connectivity index (χ3n) is 2.97. The topological polar surface area (TPSA) is 58.6 Å². The van der Waals surface area contributed by atoms with Gasteiger partial charge in [-0.15, -0.1) is 0 Å². The van der Waals surface area contributed by atoms with Crippen LogP contribution in [-0.4, -0.2) is 68.5 Å². The fourth-order valence-corrected chi connectivity index (χ4v) is 1.95. The normalized spacial score (nSPS) is 13.3. The number of nitrogens with zero attached hydrogens (tertiary/aromatic N) is 1. The Hall–Kier alpha value is -0.650. The minimum Gasteiger partial charge on any atom is -0.385 e. The van der Waals surface area contributed by atoms with Crippen molar-refractivity contribution in [2.75, 3.05) is 46.9 Å². The molecule has 114 valence electrons. The van der Waals surface area contributed by atoms with Crippen molar-refractivity contribution in [3.63, 3.8) is 0 Å². The third-order valence-corrected chi connectivity index (χ3v) is 2.97. The van der Waals surface area contributed by atoms with E-state index in [-0.39, 0.29) is 5.91 Å². The monoisotopic (exact) mass is 275 g/mol. The molecule has 1 unspecified atom stereocenters. The number of aliphatic hydroxyl groups excluding tert-OH is 1. The van der Waals surface area contributed by atoms with Crippen molar-refractivity contribution in [2.45, 2.75) is 39.2 Å². The first kappa shape index (κ1) is 18.4. The SMILES string of the molecule is CCCCOCC(O)C[N+](C)(C)CCCNC(C)=O. The number of hydrogen-bond acceptors (Lipinski definition) is 3. The number of quaternary nitrogens is 1. The second-order valence-electron chi connectivity index (χ2n) is 5.76. The molecule has 0 aromatic rings. The van der Waals surface area contributed by atoms with Crippen LogP contribution in [0.2, 0.25) is 0 Å². The van der Waals surface area contributed by atoms with Gasteiger partial charge in [-0.05, 0) is 6.42 Å². The lowest BCUT2D eigenvalue weighted by atomic mass is 10.2. The third kappa shape index (κ3) is 12.1. The first-order valence-electron chi connectivity index (χ1n) is 7.19. The fraction of sp³-hybridized carbons (Fsp3) is 0.929. The zero-order valence-electron chi connectivity index (χ0n) is 12.9. The zero-order chi connectivity index (χ0) is 14.7. The van der Waals surface area contributed by atoms with E-state index in [0.29, 0.717) is 19.7 Å². The van der Waals surface area contributed by atoms with E-state index in [0.717, 1.165) is 36.9 Å². The Morgan fingerprint density at radius 1 is 1.37 bits per heavy atom. The predicted octanol–water partition coefficient (Wildman–Crippen LogP) is 0.767. The minimum absolute atomic E-state index is 0.00895. The number of carbonyl (C=O) groups excluding carboxylic acids is 1. The molecule has 5 nitrogen and oxygen atoms in total. The summed E-state index contributed by atoms with van der Waals surface area (Å²) in [6, 6.07) is 0. The van der Waals surface area contributed by atoms with Crippen LogP contribution in [0.25, 0.3) is 0 Å². The van der Waals surface area contributed by atoms with Crippen molar-refractivity contribution >= 4 is 5.91 Å². The lowest BCUT2D eigenvalue weighted by Crippen LogP contribution is -2.47. The summed E-state index contributed by atoms with van der Waals surface area (Å²) in [6.45, 7) is 7.07. The molecule has 0 saturated carbocycles. The van der Waals surface area contributed by atoms with Crippen LogP contribution in [0.1, 0.15) is 33.1 Å². The standard InChI is InChI=1S/C14H30N2O3/c1-5-6-10-19-12-14(18)11-16(3,4)9-7-8-15-13(2)17/h14,18H,5-12H2,1-4H3/p+1. The van der Waals surface area contributed by atoms with Crippen LogP contribution in [0, 0.1) is 0 Å². The molecule has 5 heteroatoms. The van der Waals surface area contributed by atoms with Crippen molar-refractivity contribution < 1.29 is 19.1 Å². The average Bonchev–Trinajstić information content (AvgIpc) is 2.29. The predicted molar refractivity (Wildman–Crippen MR) is 76.9 cm³/mol. The van der Waals surface area contributed by atoms with E-state index in [1.54, 1.807) is 0 Å². The minimum atomic E-state index is -0.423. The quantitative estimate of drug-likeness (QED) is 0.432.